The summed E-state index contributed by atoms with van der Waals surface area (Å²) in [5.74, 6) is 3.49. The maximum atomic E-state index is 6.16. The molecule has 0 saturated carbocycles. The highest BCUT2D eigenvalue weighted by Gasteiger charge is 2.22. The van der Waals surface area contributed by atoms with Gasteiger partial charge in [-0.25, -0.2) is 0 Å². The molecule has 338 valence electrons. The van der Waals surface area contributed by atoms with Crippen LogP contribution in [0, 0.1) is 0 Å². The summed E-state index contributed by atoms with van der Waals surface area (Å²) in [6.07, 6.45) is 5.90. The summed E-state index contributed by atoms with van der Waals surface area (Å²) in [6.45, 7) is 22.7. The Kier molecular flexibility index (Phi) is 15.5. The highest BCUT2D eigenvalue weighted by atomic mass is 16.5. The van der Waals surface area contributed by atoms with E-state index in [1.807, 2.05) is 55.7 Å². The highest BCUT2D eigenvalue weighted by molar-refractivity contribution is 5.55. The van der Waals surface area contributed by atoms with Crippen molar-refractivity contribution < 1.29 is 18.9 Å². The molecule has 8 rings (SSSR count). The molecule has 2 fully saturated rings. The first kappa shape index (κ1) is 45.3. The summed E-state index contributed by atoms with van der Waals surface area (Å²) in [7, 11) is 1.67. The van der Waals surface area contributed by atoms with Crippen LogP contribution >= 0.6 is 0 Å². The Morgan fingerprint density at radius 3 is 1.87 bits per heavy atom. The molecular formula is C46H65N13O4. The zero-order valence-electron chi connectivity index (χ0n) is 38.1. The number of aromatic nitrogens is 8. The summed E-state index contributed by atoms with van der Waals surface area (Å²) < 4.78 is 26.7. The predicted octanol–water partition coefficient (Wildman–Crippen LogP) is 6.66. The van der Waals surface area contributed by atoms with E-state index in [0.717, 1.165) is 104 Å². The van der Waals surface area contributed by atoms with Crippen molar-refractivity contribution in [1.29, 1.82) is 0 Å². The third-order valence-electron chi connectivity index (χ3n) is 11.3. The molecule has 2 saturated heterocycles. The average Bonchev–Trinajstić information content (AvgIpc) is 3.93. The summed E-state index contributed by atoms with van der Waals surface area (Å²) in [4.78, 5) is 21.1. The normalized spacial score (nSPS) is 16.7. The van der Waals surface area contributed by atoms with Crippen molar-refractivity contribution >= 4 is 23.2 Å². The first-order valence-corrected chi connectivity index (χ1v) is 22.4. The molecule has 6 heterocycles. The maximum absolute atomic E-state index is 6.16. The summed E-state index contributed by atoms with van der Waals surface area (Å²) in [5, 5.41) is 22.8. The van der Waals surface area contributed by atoms with Gasteiger partial charge >= 0.3 is 12.0 Å². The quantitative estimate of drug-likeness (QED) is 0.0766. The van der Waals surface area contributed by atoms with Crippen molar-refractivity contribution in [2.75, 3.05) is 76.8 Å². The Labute approximate surface area is 370 Å². The lowest BCUT2D eigenvalue weighted by Crippen LogP contribution is -2.44. The van der Waals surface area contributed by atoms with E-state index in [4.69, 9.17) is 23.9 Å². The van der Waals surface area contributed by atoms with E-state index >= 15 is 0 Å². The maximum Gasteiger partial charge on any atom is 0.322 e. The lowest BCUT2D eigenvalue weighted by molar-refractivity contribution is 0.153. The zero-order valence-corrected chi connectivity index (χ0v) is 38.1. The number of ether oxygens (including phenoxy) is 4. The topological polar surface area (TPSA) is 174 Å². The third kappa shape index (κ3) is 11.6. The Balaban J connectivity index is 0.000000189. The molecule has 4 aromatic heterocycles. The van der Waals surface area contributed by atoms with E-state index in [1.54, 1.807) is 16.1 Å². The summed E-state index contributed by atoms with van der Waals surface area (Å²) >= 11 is 0. The second-order valence-corrected chi connectivity index (χ2v) is 16.7. The van der Waals surface area contributed by atoms with Crippen molar-refractivity contribution in [1.82, 2.24) is 54.7 Å². The molecule has 4 N–H and O–H groups in total. The highest BCUT2D eigenvalue weighted by Crippen LogP contribution is 2.29. The van der Waals surface area contributed by atoms with Gasteiger partial charge in [0, 0.05) is 50.4 Å². The van der Waals surface area contributed by atoms with Gasteiger partial charge in [0.1, 0.15) is 24.2 Å². The van der Waals surface area contributed by atoms with Crippen LogP contribution in [0.25, 0.3) is 11.3 Å². The van der Waals surface area contributed by atoms with Crippen molar-refractivity contribution in [2.24, 2.45) is 0 Å². The van der Waals surface area contributed by atoms with E-state index in [1.165, 1.54) is 0 Å². The zero-order chi connectivity index (χ0) is 44.3. The summed E-state index contributed by atoms with van der Waals surface area (Å²) in [5.41, 5.74) is 5.88. The van der Waals surface area contributed by atoms with Crippen LogP contribution in [0.4, 0.5) is 11.9 Å². The van der Waals surface area contributed by atoms with Crippen molar-refractivity contribution in [2.45, 2.75) is 91.3 Å². The Hall–Kier alpha value is -5.78. The Morgan fingerprint density at radius 2 is 1.30 bits per heavy atom. The van der Waals surface area contributed by atoms with Gasteiger partial charge in [-0.05, 0) is 87.4 Å². The minimum absolute atomic E-state index is 0.00518. The Morgan fingerprint density at radius 1 is 0.714 bits per heavy atom. The summed E-state index contributed by atoms with van der Waals surface area (Å²) in [6, 6.07) is 16.8. The Bertz CT molecular complexity index is 2370. The first-order chi connectivity index (χ1) is 30.6. The van der Waals surface area contributed by atoms with Crippen LogP contribution in [-0.2, 0) is 0 Å². The molecule has 0 aliphatic carbocycles. The second kappa shape index (κ2) is 21.5. The molecular weight excluding hydrogens is 799 g/mol. The van der Waals surface area contributed by atoms with Crippen LogP contribution in [0.5, 0.6) is 23.5 Å². The van der Waals surface area contributed by atoms with Crippen molar-refractivity contribution in [3.63, 3.8) is 0 Å². The van der Waals surface area contributed by atoms with E-state index in [9.17, 15) is 0 Å². The molecule has 63 heavy (non-hydrogen) atoms. The number of anilines is 2. The number of nitrogens with one attached hydrogen (secondary N) is 4. The number of piperidine rings is 1. The van der Waals surface area contributed by atoms with E-state index in [0.29, 0.717) is 49.0 Å². The van der Waals surface area contributed by atoms with Crippen molar-refractivity contribution in [3.05, 3.63) is 83.2 Å². The minimum atomic E-state index is -0.0106. The number of methoxy groups -OCH3 is 1. The third-order valence-corrected chi connectivity index (χ3v) is 11.3. The monoisotopic (exact) mass is 864 g/mol. The van der Waals surface area contributed by atoms with Gasteiger partial charge in [0.15, 0.2) is 11.3 Å². The van der Waals surface area contributed by atoms with Crippen LogP contribution < -0.4 is 40.2 Å². The number of fused-ring (bicyclic) bond motifs is 2. The fraction of sp³-hybridized carbons (Fsp3) is 0.522. The van der Waals surface area contributed by atoms with E-state index in [-0.39, 0.29) is 18.2 Å². The molecule has 2 aliphatic heterocycles. The molecule has 2 aromatic carbocycles. The van der Waals surface area contributed by atoms with Crippen LogP contribution in [0.15, 0.2) is 60.9 Å². The SMILES string of the molecule is CCOc1cccc([C@H](C)Nc2nc(OC3CCCNC3)nc3c(C(C)C)cnn23)c1.COc1cccc(C(C)Nc2nc(OCCN3CCNCC3)nc3c(C(C)C)cnn23)c1. The van der Waals surface area contributed by atoms with Crippen LogP contribution in [0.3, 0.4) is 0 Å². The van der Waals surface area contributed by atoms with Gasteiger partial charge in [-0.15, -0.1) is 0 Å². The molecule has 0 amide bonds. The first-order valence-electron chi connectivity index (χ1n) is 22.4. The van der Waals surface area contributed by atoms with Gasteiger partial charge in [0.25, 0.3) is 0 Å². The number of benzene rings is 2. The molecule has 0 bridgehead atoms. The van der Waals surface area contributed by atoms with E-state index in [2.05, 4.69) is 105 Å². The predicted molar refractivity (Wildman–Crippen MR) is 246 cm³/mol. The van der Waals surface area contributed by atoms with Crippen LogP contribution in [0.2, 0.25) is 0 Å². The molecule has 6 aromatic rings. The lowest BCUT2D eigenvalue weighted by atomic mass is 10.1. The smallest absolute Gasteiger partial charge is 0.322 e. The lowest BCUT2D eigenvalue weighted by Gasteiger charge is -2.26. The molecule has 17 nitrogen and oxygen atoms in total. The average molecular weight is 864 g/mol. The molecule has 0 radical (unpaired) electrons. The molecule has 0 spiro atoms. The van der Waals surface area contributed by atoms with Gasteiger partial charge in [-0.3, -0.25) is 4.90 Å². The number of rotatable bonds is 17. The largest absolute Gasteiger partial charge is 0.497 e. The molecule has 17 heteroatoms. The van der Waals surface area contributed by atoms with Crippen LogP contribution in [0.1, 0.15) is 107 Å². The minimum Gasteiger partial charge on any atom is -0.497 e. The fourth-order valence-electron chi connectivity index (χ4n) is 7.64. The van der Waals surface area contributed by atoms with Gasteiger partial charge in [-0.2, -0.15) is 39.2 Å². The van der Waals surface area contributed by atoms with Gasteiger partial charge in [0.2, 0.25) is 11.9 Å². The van der Waals surface area contributed by atoms with Gasteiger partial charge < -0.3 is 40.2 Å². The van der Waals surface area contributed by atoms with Gasteiger partial charge in [0.05, 0.1) is 38.2 Å². The number of hydrogen-bond acceptors (Lipinski definition) is 15. The standard InChI is InChI=1S/C23H33N7O2.C23H32N6O2/c1-16(2)20-15-25-30-21(20)27-23(32-13-12-29-10-8-24-9-11-29)28-22(30)26-17(3)18-6-5-7-19(14-18)31-4;1-5-30-18-9-6-8-17(12-18)16(4)26-22-28-23(31-19-10-7-11-24-13-19)27-21-20(15(2)3)14-25-29(21)22/h5-7,14-17,24H,8-13H2,1-4H3,(H,26,27,28);6,8-9,12,14-16,19,24H,5,7,10-11,13H2,1-4H3,(H,26,27,28)/t;16-,19?/m.0/s1. The molecule has 2 aliphatic rings. The van der Waals surface area contributed by atoms with Crippen LogP contribution in [-0.4, -0.2) is 116 Å². The molecule has 3 atom stereocenters. The van der Waals surface area contributed by atoms with E-state index < -0.39 is 0 Å². The number of piperazine rings is 1. The number of nitrogens with zero attached hydrogens (tertiary/aromatic N) is 9. The fourth-order valence-corrected chi connectivity index (χ4v) is 7.64. The number of hydrogen-bond donors (Lipinski definition) is 4. The van der Waals surface area contributed by atoms with Gasteiger partial charge in [-0.1, -0.05) is 52.0 Å². The van der Waals surface area contributed by atoms with Crippen molar-refractivity contribution in [3.8, 4) is 23.5 Å². The second-order valence-electron chi connectivity index (χ2n) is 16.7. The molecule has 2 unspecified atom stereocenters.